The third-order valence-electron chi connectivity index (χ3n) is 2.78. The molecule has 8 heteroatoms. The van der Waals surface area contributed by atoms with E-state index in [-0.39, 0.29) is 19.8 Å². The molecule has 0 radical (unpaired) electrons. The summed E-state index contributed by atoms with van der Waals surface area (Å²) in [6.07, 6.45) is 0. The van der Waals surface area contributed by atoms with Gasteiger partial charge in [0.05, 0.1) is 50.7 Å². The van der Waals surface area contributed by atoms with Crippen LogP contribution in [-0.4, -0.2) is 100 Å². The molecule has 0 aliphatic heterocycles. The summed E-state index contributed by atoms with van der Waals surface area (Å²) in [5, 5.41) is 51.4. The van der Waals surface area contributed by atoms with Crippen molar-refractivity contribution < 1.29 is 30.6 Å². The molecule has 18 heavy (non-hydrogen) atoms. The quantitative estimate of drug-likeness (QED) is 0.247. The van der Waals surface area contributed by atoms with Crippen LogP contribution in [0.1, 0.15) is 0 Å². The molecule has 8 nitrogen and oxygen atoms in total. The molecule has 0 aliphatic rings. The average Bonchev–Trinajstić information content (AvgIpc) is 2.41. The molecule has 8 N–H and O–H groups in total. The van der Waals surface area contributed by atoms with Crippen LogP contribution in [0.5, 0.6) is 0 Å². The van der Waals surface area contributed by atoms with Gasteiger partial charge in [-0.05, 0) is 14.1 Å². The van der Waals surface area contributed by atoms with Gasteiger partial charge in [-0.1, -0.05) is 0 Å². The highest BCUT2D eigenvalue weighted by atomic mass is 16.3. The van der Waals surface area contributed by atoms with Gasteiger partial charge in [-0.15, -0.1) is 0 Å². The van der Waals surface area contributed by atoms with Crippen molar-refractivity contribution >= 4 is 0 Å². The summed E-state index contributed by atoms with van der Waals surface area (Å²) in [4.78, 5) is 1.60. The van der Waals surface area contributed by atoms with Crippen molar-refractivity contribution in [3.05, 3.63) is 0 Å². The van der Waals surface area contributed by atoms with Gasteiger partial charge in [-0.25, -0.2) is 0 Å². The number of nitrogens with two attached hydrogens (primary N) is 1. The molecule has 0 bridgehead atoms. The van der Waals surface area contributed by atoms with Crippen LogP contribution in [0.15, 0.2) is 0 Å². The first-order valence-electron chi connectivity index (χ1n) is 5.43. The first-order chi connectivity index (χ1) is 8.31. The Morgan fingerprint density at radius 1 is 0.722 bits per heavy atom. The van der Waals surface area contributed by atoms with Crippen molar-refractivity contribution in [3.63, 3.8) is 0 Å². The van der Waals surface area contributed by atoms with Crippen LogP contribution < -0.4 is 5.73 Å². The molecule has 0 aromatic heterocycles. The van der Waals surface area contributed by atoms with Crippen molar-refractivity contribution in [1.82, 2.24) is 4.90 Å². The van der Waals surface area contributed by atoms with Crippen molar-refractivity contribution in [3.8, 4) is 0 Å². The molecular weight excluding hydrogens is 244 g/mol. The van der Waals surface area contributed by atoms with Crippen LogP contribution in [0, 0.1) is 0 Å². The van der Waals surface area contributed by atoms with Gasteiger partial charge in [0.15, 0.2) is 0 Å². The molecule has 0 unspecified atom stereocenters. The molecule has 0 aliphatic carbocycles. The predicted octanol–water partition coefficient (Wildman–Crippen LogP) is -4.08. The van der Waals surface area contributed by atoms with E-state index in [0.29, 0.717) is 0 Å². The van der Waals surface area contributed by atoms with Gasteiger partial charge >= 0.3 is 0 Å². The van der Waals surface area contributed by atoms with Gasteiger partial charge in [-0.3, -0.25) is 4.90 Å². The second kappa shape index (κ2) is 9.59. The second-order valence-corrected chi connectivity index (χ2v) is 4.43. The Hall–Kier alpha value is -0.320. The highest BCUT2D eigenvalue weighted by Gasteiger charge is 2.30. The number of aliphatic hydroxyl groups excluding tert-OH is 6. The first kappa shape index (κ1) is 20.0. The van der Waals surface area contributed by atoms with Crippen LogP contribution in [0.3, 0.4) is 0 Å². The molecule has 0 saturated heterocycles. The van der Waals surface area contributed by atoms with E-state index >= 15 is 0 Å². The Morgan fingerprint density at radius 2 is 1.00 bits per heavy atom. The highest BCUT2D eigenvalue weighted by Crippen LogP contribution is 2.08. The molecule has 0 spiro atoms. The first-order valence-corrected chi connectivity index (χ1v) is 5.43. The SMILES string of the molecule is CN(C)C(CO)(CO)CO.NC(CO)(CO)CO. The average molecular weight is 270 g/mol. The van der Waals surface area contributed by atoms with Crippen LogP contribution in [0.4, 0.5) is 0 Å². The van der Waals surface area contributed by atoms with Gasteiger partial charge in [0, 0.05) is 0 Å². The maximum Gasteiger partial charge on any atom is 0.0901 e. The number of hydrogen-bond acceptors (Lipinski definition) is 8. The largest absolute Gasteiger partial charge is 0.394 e. The maximum atomic E-state index is 8.79. The van der Waals surface area contributed by atoms with E-state index in [9.17, 15) is 0 Å². The summed E-state index contributed by atoms with van der Waals surface area (Å²) in [7, 11) is 3.39. The van der Waals surface area contributed by atoms with Gasteiger partial charge < -0.3 is 36.4 Å². The second-order valence-electron chi connectivity index (χ2n) is 4.43. The summed E-state index contributed by atoms with van der Waals surface area (Å²) in [6, 6.07) is 0. The zero-order valence-corrected chi connectivity index (χ0v) is 11.0. The van der Waals surface area contributed by atoms with Crippen LogP contribution >= 0.6 is 0 Å². The van der Waals surface area contributed by atoms with E-state index in [1.165, 1.54) is 0 Å². The zero-order chi connectivity index (χ0) is 14.8. The summed E-state index contributed by atoms with van der Waals surface area (Å²) in [5.74, 6) is 0. The number of likely N-dealkylation sites (N-methyl/N-ethyl adjacent to an activating group) is 1. The lowest BCUT2D eigenvalue weighted by Gasteiger charge is -2.34. The van der Waals surface area contributed by atoms with E-state index in [1.54, 1.807) is 19.0 Å². The fraction of sp³-hybridized carbons (Fsp3) is 1.00. The minimum Gasteiger partial charge on any atom is -0.394 e. The van der Waals surface area contributed by atoms with Gasteiger partial charge in [0.25, 0.3) is 0 Å². The van der Waals surface area contributed by atoms with E-state index in [4.69, 9.17) is 36.4 Å². The number of hydrogen-bond donors (Lipinski definition) is 7. The maximum absolute atomic E-state index is 8.79. The molecular formula is C10H26N2O6. The summed E-state index contributed by atoms with van der Waals surface area (Å²) >= 11 is 0. The summed E-state index contributed by atoms with van der Waals surface area (Å²) in [6.45, 7) is -1.94. The molecule has 0 aromatic carbocycles. The van der Waals surface area contributed by atoms with Crippen molar-refractivity contribution in [2.24, 2.45) is 5.73 Å². The molecule has 112 valence electrons. The van der Waals surface area contributed by atoms with Gasteiger partial charge in [0.2, 0.25) is 0 Å². The summed E-state index contributed by atoms with van der Waals surface area (Å²) in [5.41, 5.74) is 3.06. The molecule has 0 rings (SSSR count). The van der Waals surface area contributed by atoms with Crippen molar-refractivity contribution in [2.45, 2.75) is 11.1 Å². The summed E-state index contributed by atoms with van der Waals surface area (Å²) < 4.78 is 0. The molecule has 0 aromatic rings. The molecule has 0 heterocycles. The number of nitrogens with zero attached hydrogens (tertiary/aromatic N) is 1. The van der Waals surface area contributed by atoms with Crippen LogP contribution in [0.25, 0.3) is 0 Å². The fourth-order valence-electron chi connectivity index (χ4n) is 0.724. The third kappa shape index (κ3) is 6.03. The Balaban J connectivity index is 0. The predicted molar refractivity (Wildman–Crippen MR) is 65.9 cm³/mol. The molecule has 0 fully saturated rings. The standard InChI is InChI=1S/C6H15NO3.C4H11NO3/c1-7(2)6(3-8,4-9)5-10;5-4(1-6,2-7)3-8/h8-10H,3-5H2,1-2H3;6-8H,1-3,5H2. The monoisotopic (exact) mass is 270 g/mol. The van der Waals surface area contributed by atoms with Crippen LogP contribution in [-0.2, 0) is 0 Å². The fourth-order valence-corrected chi connectivity index (χ4v) is 0.724. The Bertz CT molecular complexity index is 178. The topological polar surface area (TPSA) is 151 Å². The van der Waals surface area contributed by atoms with Gasteiger partial charge in [0.1, 0.15) is 0 Å². The minimum atomic E-state index is -1.21. The van der Waals surface area contributed by atoms with E-state index in [1.807, 2.05) is 0 Å². The van der Waals surface area contributed by atoms with E-state index < -0.39 is 30.9 Å². The molecule has 0 saturated carbocycles. The van der Waals surface area contributed by atoms with E-state index in [0.717, 1.165) is 0 Å². The van der Waals surface area contributed by atoms with Crippen molar-refractivity contribution in [1.29, 1.82) is 0 Å². The molecule has 0 atom stereocenters. The van der Waals surface area contributed by atoms with Crippen molar-refractivity contribution in [2.75, 3.05) is 53.7 Å². The third-order valence-corrected chi connectivity index (χ3v) is 2.78. The lowest BCUT2D eigenvalue weighted by molar-refractivity contribution is -0.0224. The lowest BCUT2D eigenvalue weighted by atomic mass is 10.0. The normalized spacial score (nSPS) is 12.3. The zero-order valence-electron chi connectivity index (χ0n) is 11.0. The Labute approximate surface area is 107 Å². The van der Waals surface area contributed by atoms with Gasteiger partial charge in [-0.2, -0.15) is 0 Å². The lowest BCUT2D eigenvalue weighted by Crippen LogP contribution is -2.53. The van der Waals surface area contributed by atoms with Crippen LogP contribution in [0.2, 0.25) is 0 Å². The Morgan fingerprint density at radius 3 is 1.00 bits per heavy atom. The van der Waals surface area contributed by atoms with E-state index in [2.05, 4.69) is 0 Å². The smallest absolute Gasteiger partial charge is 0.0901 e. The number of rotatable bonds is 7. The molecule has 0 amide bonds. The highest BCUT2D eigenvalue weighted by molar-refractivity contribution is 4.85. The number of aliphatic hydroxyl groups is 6. The Kier molecular flexibility index (Phi) is 10.7. The minimum absolute atomic E-state index is 0.243.